The number of hydrogen-bond donors (Lipinski definition) is 2. The molecule has 0 atom stereocenters. The molecule has 2 N–H and O–H groups in total. The fourth-order valence-electron chi connectivity index (χ4n) is 3.14. The molecule has 6 heteroatoms. The predicted octanol–water partition coefficient (Wildman–Crippen LogP) is 3.05. The molecule has 0 saturated carbocycles. The van der Waals surface area contributed by atoms with Crippen LogP contribution in [-0.2, 0) is 4.79 Å². The molecule has 0 aromatic heterocycles. The maximum Gasteiger partial charge on any atom is 0.251 e. The van der Waals surface area contributed by atoms with E-state index >= 15 is 0 Å². The molecule has 142 valence electrons. The quantitative estimate of drug-likeness (QED) is 0.789. The first kappa shape index (κ1) is 18.8. The van der Waals surface area contributed by atoms with Gasteiger partial charge in [-0.2, -0.15) is 0 Å². The highest BCUT2D eigenvalue weighted by molar-refractivity contribution is 6.00. The normalized spacial score (nSPS) is 13.3. The number of anilines is 2. The Labute approximate surface area is 159 Å². The van der Waals surface area contributed by atoms with Gasteiger partial charge in [-0.3, -0.25) is 9.59 Å². The summed E-state index contributed by atoms with van der Waals surface area (Å²) in [6.07, 6.45) is 2.33. The van der Waals surface area contributed by atoms with Crippen LogP contribution in [0.4, 0.5) is 11.4 Å². The fourth-order valence-corrected chi connectivity index (χ4v) is 3.14. The Hall–Kier alpha value is -3.02. The summed E-state index contributed by atoms with van der Waals surface area (Å²) in [7, 11) is 0. The number of carbonyl (C=O) groups is 2. The number of para-hydroxylation sites is 2. The summed E-state index contributed by atoms with van der Waals surface area (Å²) < 4.78 is 5.36. The van der Waals surface area contributed by atoms with E-state index in [2.05, 4.69) is 15.5 Å². The van der Waals surface area contributed by atoms with Crippen molar-refractivity contribution in [2.45, 2.75) is 19.8 Å². The average Bonchev–Trinajstić information content (AvgIpc) is 3.22. The van der Waals surface area contributed by atoms with Crippen LogP contribution < -0.4 is 20.3 Å². The highest BCUT2D eigenvalue weighted by atomic mass is 16.5. The average molecular weight is 367 g/mol. The topological polar surface area (TPSA) is 70.7 Å². The highest BCUT2D eigenvalue weighted by Gasteiger charge is 2.16. The monoisotopic (exact) mass is 367 g/mol. The van der Waals surface area contributed by atoms with E-state index in [0.717, 1.165) is 24.5 Å². The van der Waals surface area contributed by atoms with Crippen molar-refractivity contribution in [1.29, 1.82) is 0 Å². The zero-order valence-electron chi connectivity index (χ0n) is 15.5. The van der Waals surface area contributed by atoms with E-state index in [1.54, 1.807) is 24.3 Å². The van der Waals surface area contributed by atoms with Crippen LogP contribution in [0, 0.1) is 0 Å². The smallest absolute Gasteiger partial charge is 0.251 e. The van der Waals surface area contributed by atoms with Gasteiger partial charge in [0, 0.05) is 18.7 Å². The van der Waals surface area contributed by atoms with Crippen LogP contribution in [0.1, 0.15) is 30.1 Å². The molecule has 1 saturated heterocycles. The van der Waals surface area contributed by atoms with Gasteiger partial charge in [-0.1, -0.05) is 12.1 Å². The number of rotatable bonds is 7. The maximum atomic E-state index is 12.3. The van der Waals surface area contributed by atoms with Crippen LogP contribution in [0.5, 0.6) is 5.75 Å². The molecular weight excluding hydrogens is 342 g/mol. The van der Waals surface area contributed by atoms with Gasteiger partial charge in [0.05, 0.1) is 24.5 Å². The van der Waals surface area contributed by atoms with Gasteiger partial charge in [0.2, 0.25) is 5.91 Å². The first-order chi connectivity index (χ1) is 13.2. The summed E-state index contributed by atoms with van der Waals surface area (Å²) in [5.74, 6) is 0.173. The van der Waals surface area contributed by atoms with Gasteiger partial charge in [-0.15, -0.1) is 0 Å². The summed E-state index contributed by atoms with van der Waals surface area (Å²) in [5.41, 5.74) is 2.30. The van der Waals surface area contributed by atoms with Gasteiger partial charge >= 0.3 is 0 Å². The van der Waals surface area contributed by atoms with Crippen LogP contribution in [0.15, 0.2) is 48.5 Å². The molecule has 1 aliphatic heterocycles. The Morgan fingerprint density at radius 1 is 1.04 bits per heavy atom. The molecule has 0 radical (unpaired) electrons. The van der Waals surface area contributed by atoms with Crippen molar-refractivity contribution in [3.05, 3.63) is 54.1 Å². The third-order valence-corrected chi connectivity index (χ3v) is 4.46. The summed E-state index contributed by atoms with van der Waals surface area (Å²) in [6.45, 7) is 4.40. The lowest BCUT2D eigenvalue weighted by molar-refractivity contribution is -0.115. The summed E-state index contributed by atoms with van der Waals surface area (Å²) in [6, 6.07) is 14.6. The highest BCUT2D eigenvalue weighted by Crippen LogP contribution is 2.28. The molecule has 0 bridgehead atoms. The largest absolute Gasteiger partial charge is 0.494 e. The molecule has 27 heavy (non-hydrogen) atoms. The van der Waals surface area contributed by atoms with Crippen molar-refractivity contribution in [2.75, 3.05) is 36.5 Å². The van der Waals surface area contributed by atoms with E-state index in [9.17, 15) is 9.59 Å². The third-order valence-electron chi connectivity index (χ3n) is 4.46. The molecule has 3 rings (SSSR count). The summed E-state index contributed by atoms with van der Waals surface area (Å²) in [5, 5.41) is 5.56. The minimum atomic E-state index is -0.291. The fraction of sp³-hybridized carbons (Fsp3) is 0.333. The van der Waals surface area contributed by atoms with Crippen molar-refractivity contribution in [2.24, 2.45) is 0 Å². The van der Waals surface area contributed by atoms with E-state index in [0.29, 0.717) is 17.9 Å². The lowest BCUT2D eigenvalue weighted by Crippen LogP contribution is -2.33. The van der Waals surface area contributed by atoms with Crippen LogP contribution in [0.3, 0.4) is 0 Å². The number of ether oxygens (including phenoxy) is 1. The number of benzene rings is 2. The van der Waals surface area contributed by atoms with Crippen LogP contribution in [0.25, 0.3) is 0 Å². The molecule has 2 amide bonds. The molecule has 1 fully saturated rings. The second kappa shape index (κ2) is 9.07. The summed E-state index contributed by atoms with van der Waals surface area (Å²) in [4.78, 5) is 26.8. The van der Waals surface area contributed by atoms with Gasteiger partial charge in [0.1, 0.15) is 5.75 Å². The summed E-state index contributed by atoms with van der Waals surface area (Å²) >= 11 is 0. The first-order valence-electron chi connectivity index (χ1n) is 9.32. The van der Waals surface area contributed by atoms with Crippen molar-refractivity contribution in [3.63, 3.8) is 0 Å². The molecule has 2 aromatic rings. The minimum Gasteiger partial charge on any atom is -0.494 e. The van der Waals surface area contributed by atoms with Crippen molar-refractivity contribution >= 4 is 23.2 Å². The zero-order valence-corrected chi connectivity index (χ0v) is 15.5. The van der Waals surface area contributed by atoms with E-state index in [1.165, 1.54) is 12.8 Å². The van der Waals surface area contributed by atoms with Crippen LogP contribution in [-0.4, -0.2) is 38.1 Å². The Morgan fingerprint density at radius 3 is 2.44 bits per heavy atom. The van der Waals surface area contributed by atoms with Crippen LogP contribution in [0.2, 0.25) is 0 Å². The second-order valence-electron chi connectivity index (χ2n) is 6.40. The molecule has 2 aromatic carbocycles. The molecule has 0 unspecified atom stereocenters. The van der Waals surface area contributed by atoms with E-state index in [1.807, 2.05) is 31.2 Å². The van der Waals surface area contributed by atoms with Gasteiger partial charge in [0.25, 0.3) is 5.91 Å². The Balaban J connectivity index is 1.54. The number of amides is 2. The molecule has 1 heterocycles. The van der Waals surface area contributed by atoms with E-state index < -0.39 is 0 Å². The minimum absolute atomic E-state index is 0.0830. The van der Waals surface area contributed by atoms with Crippen LogP contribution >= 0.6 is 0 Å². The van der Waals surface area contributed by atoms with Gasteiger partial charge < -0.3 is 20.3 Å². The number of nitrogens with zero attached hydrogens (tertiary/aromatic N) is 1. The standard InChI is InChI=1S/C21H25N3O3/c1-2-27-17-11-9-16(10-12-17)21(26)22-15-20(25)23-18-7-3-4-8-19(18)24-13-5-6-14-24/h3-4,7-12H,2,5-6,13-15H2,1H3,(H,22,26)(H,23,25). The Bertz CT molecular complexity index is 784. The van der Waals surface area contributed by atoms with Gasteiger partial charge in [-0.05, 0) is 56.2 Å². The molecule has 0 aliphatic carbocycles. The number of carbonyl (C=O) groups excluding carboxylic acids is 2. The number of nitrogens with one attached hydrogen (secondary N) is 2. The van der Waals surface area contributed by atoms with Gasteiger partial charge in [-0.25, -0.2) is 0 Å². The lowest BCUT2D eigenvalue weighted by atomic mass is 10.2. The lowest BCUT2D eigenvalue weighted by Gasteiger charge is -2.21. The second-order valence-corrected chi connectivity index (χ2v) is 6.40. The molecular formula is C21H25N3O3. The third kappa shape index (κ3) is 5.00. The van der Waals surface area contributed by atoms with Crippen molar-refractivity contribution in [3.8, 4) is 5.75 Å². The maximum absolute atomic E-state index is 12.3. The molecule has 0 spiro atoms. The Morgan fingerprint density at radius 2 is 1.74 bits per heavy atom. The van der Waals surface area contributed by atoms with Crippen molar-refractivity contribution < 1.29 is 14.3 Å². The zero-order chi connectivity index (χ0) is 19.1. The van der Waals surface area contributed by atoms with Gasteiger partial charge in [0.15, 0.2) is 0 Å². The Kier molecular flexibility index (Phi) is 6.30. The molecule has 6 nitrogen and oxygen atoms in total. The SMILES string of the molecule is CCOc1ccc(C(=O)NCC(=O)Nc2ccccc2N2CCCC2)cc1. The molecule has 1 aliphatic rings. The van der Waals surface area contributed by atoms with E-state index in [-0.39, 0.29) is 18.4 Å². The first-order valence-corrected chi connectivity index (χ1v) is 9.32. The number of hydrogen-bond acceptors (Lipinski definition) is 4. The predicted molar refractivity (Wildman–Crippen MR) is 106 cm³/mol. The van der Waals surface area contributed by atoms with Crippen molar-refractivity contribution in [1.82, 2.24) is 5.32 Å². The van der Waals surface area contributed by atoms with E-state index in [4.69, 9.17) is 4.74 Å².